The van der Waals surface area contributed by atoms with Crippen LogP contribution in [0.15, 0.2) is 0 Å². The highest BCUT2D eigenvalue weighted by Crippen LogP contribution is 2.18. The summed E-state index contributed by atoms with van der Waals surface area (Å²) in [6.45, 7) is 8.26. The van der Waals surface area contributed by atoms with Crippen LogP contribution < -0.4 is 5.32 Å². The second kappa shape index (κ2) is 7.07. The minimum Gasteiger partial charge on any atom is -0.355 e. The summed E-state index contributed by atoms with van der Waals surface area (Å²) in [4.78, 5) is 27.9. The summed E-state index contributed by atoms with van der Waals surface area (Å²) in [5.41, 5.74) is 0. The van der Waals surface area contributed by atoms with E-state index in [9.17, 15) is 9.59 Å². The molecule has 0 aromatic rings. The fraction of sp³-hybridized carbons (Fsp3) is 0.867. The van der Waals surface area contributed by atoms with Gasteiger partial charge in [0.15, 0.2) is 0 Å². The van der Waals surface area contributed by atoms with Gasteiger partial charge in [-0.3, -0.25) is 14.5 Å². The molecule has 20 heavy (non-hydrogen) atoms. The van der Waals surface area contributed by atoms with Gasteiger partial charge >= 0.3 is 0 Å². The Morgan fingerprint density at radius 2 is 2.20 bits per heavy atom. The van der Waals surface area contributed by atoms with Gasteiger partial charge in [-0.25, -0.2) is 0 Å². The molecule has 0 aliphatic carbocycles. The Morgan fingerprint density at radius 3 is 2.85 bits per heavy atom. The van der Waals surface area contributed by atoms with Crippen molar-refractivity contribution in [1.29, 1.82) is 0 Å². The van der Waals surface area contributed by atoms with Gasteiger partial charge in [-0.05, 0) is 33.2 Å². The SMILES string of the molecule is CCN1CC(C(=O)NCCN2CCCCC2C)CC1=O. The fourth-order valence-corrected chi connectivity index (χ4v) is 3.21. The Balaban J connectivity index is 1.69. The zero-order chi connectivity index (χ0) is 14.5. The van der Waals surface area contributed by atoms with Gasteiger partial charge in [-0.2, -0.15) is 0 Å². The third-order valence-electron chi connectivity index (χ3n) is 4.61. The zero-order valence-corrected chi connectivity index (χ0v) is 12.7. The van der Waals surface area contributed by atoms with E-state index in [0.29, 0.717) is 32.1 Å². The van der Waals surface area contributed by atoms with Crippen LogP contribution in [0.3, 0.4) is 0 Å². The highest BCUT2D eigenvalue weighted by molar-refractivity contribution is 5.89. The molecule has 0 aromatic heterocycles. The number of carbonyl (C=O) groups excluding carboxylic acids is 2. The lowest BCUT2D eigenvalue weighted by atomic mass is 10.0. The molecule has 0 bridgehead atoms. The first-order valence-electron chi connectivity index (χ1n) is 7.91. The van der Waals surface area contributed by atoms with Crippen molar-refractivity contribution in [2.45, 2.75) is 45.6 Å². The Labute approximate surface area is 121 Å². The standard InChI is InChI=1S/C15H27N3O2/c1-3-17-11-13(10-14(17)19)15(20)16-7-9-18-8-5-4-6-12(18)2/h12-13H,3-11H2,1-2H3,(H,16,20). The fourth-order valence-electron chi connectivity index (χ4n) is 3.21. The van der Waals surface area contributed by atoms with Crippen LogP contribution in [-0.2, 0) is 9.59 Å². The van der Waals surface area contributed by atoms with Crippen LogP contribution in [0.1, 0.15) is 39.5 Å². The summed E-state index contributed by atoms with van der Waals surface area (Å²) >= 11 is 0. The van der Waals surface area contributed by atoms with E-state index in [1.807, 2.05) is 6.92 Å². The van der Waals surface area contributed by atoms with Gasteiger partial charge in [0.05, 0.1) is 5.92 Å². The van der Waals surface area contributed by atoms with E-state index >= 15 is 0 Å². The van der Waals surface area contributed by atoms with Crippen molar-refractivity contribution >= 4 is 11.8 Å². The molecule has 0 radical (unpaired) electrons. The molecule has 2 amide bonds. The van der Waals surface area contributed by atoms with Crippen LogP contribution in [0.2, 0.25) is 0 Å². The van der Waals surface area contributed by atoms with Crippen LogP contribution in [0.4, 0.5) is 0 Å². The Kier molecular flexibility index (Phi) is 5.40. The van der Waals surface area contributed by atoms with Crippen molar-refractivity contribution in [3.8, 4) is 0 Å². The normalized spacial score (nSPS) is 27.9. The van der Waals surface area contributed by atoms with Crippen LogP contribution in [0, 0.1) is 5.92 Å². The smallest absolute Gasteiger partial charge is 0.225 e. The summed E-state index contributed by atoms with van der Waals surface area (Å²) in [5.74, 6) is -0.00232. The molecule has 0 saturated carbocycles. The first-order chi connectivity index (χ1) is 9.61. The molecule has 2 rings (SSSR count). The van der Waals surface area contributed by atoms with Crippen LogP contribution in [0.25, 0.3) is 0 Å². The van der Waals surface area contributed by atoms with E-state index in [1.165, 1.54) is 19.3 Å². The van der Waals surface area contributed by atoms with Gasteiger partial charge in [0.25, 0.3) is 0 Å². The third kappa shape index (κ3) is 3.72. The molecular formula is C15H27N3O2. The zero-order valence-electron chi connectivity index (χ0n) is 12.7. The molecule has 2 aliphatic rings. The van der Waals surface area contributed by atoms with Gasteiger partial charge in [-0.1, -0.05) is 6.42 Å². The van der Waals surface area contributed by atoms with Gasteiger partial charge < -0.3 is 10.2 Å². The maximum absolute atomic E-state index is 12.1. The van der Waals surface area contributed by atoms with Crippen molar-refractivity contribution in [2.75, 3.05) is 32.7 Å². The number of amides is 2. The molecule has 2 atom stereocenters. The molecule has 2 heterocycles. The minimum absolute atomic E-state index is 0.0407. The second-order valence-electron chi connectivity index (χ2n) is 6.01. The lowest BCUT2D eigenvalue weighted by Crippen LogP contribution is -2.43. The average Bonchev–Trinajstić information content (AvgIpc) is 2.82. The summed E-state index contributed by atoms with van der Waals surface area (Å²) in [6, 6.07) is 0.629. The van der Waals surface area contributed by atoms with Gasteiger partial charge in [-0.15, -0.1) is 0 Å². The summed E-state index contributed by atoms with van der Waals surface area (Å²) in [5, 5.41) is 3.00. The molecule has 1 N–H and O–H groups in total. The summed E-state index contributed by atoms with van der Waals surface area (Å²) < 4.78 is 0. The van der Waals surface area contributed by atoms with E-state index in [-0.39, 0.29) is 17.7 Å². The second-order valence-corrected chi connectivity index (χ2v) is 6.01. The lowest BCUT2D eigenvalue weighted by Gasteiger charge is -2.33. The lowest BCUT2D eigenvalue weighted by molar-refractivity contribution is -0.128. The van der Waals surface area contributed by atoms with Crippen molar-refractivity contribution in [2.24, 2.45) is 5.92 Å². The molecule has 114 valence electrons. The van der Waals surface area contributed by atoms with E-state index in [0.717, 1.165) is 13.1 Å². The molecule has 0 spiro atoms. The van der Waals surface area contributed by atoms with E-state index < -0.39 is 0 Å². The number of nitrogens with one attached hydrogen (secondary N) is 1. The number of carbonyl (C=O) groups is 2. The molecule has 0 aromatic carbocycles. The molecule has 2 fully saturated rings. The number of nitrogens with zero attached hydrogens (tertiary/aromatic N) is 2. The molecule has 5 nitrogen and oxygen atoms in total. The number of piperidine rings is 1. The number of likely N-dealkylation sites (tertiary alicyclic amines) is 2. The van der Waals surface area contributed by atoms with E-state index in [2.05, 4.69) is 17.1 Å². The maximum atomic E-state index is 12.1. The Bertz CT molecular complexity index is 359. The van der Waals surface area contributed by atoms with E-state index in [1.54, 1.807) is 4.90 Å². The number of hydrogen-bond acceptors (Lipinski definition) is 3. The van der Waals surface area contributed by atoms with Crippen molar-refractivity contribution < 1.29 is 9.59 Å². The molecule has 2 aliphatic heterocycles. The van der Waals surface area contributed by atoms with Crippen LogP contribution in [0.5, 0.6) is 0 Å². The third-order valence-corrected chi connectivity index (χ3v) is 4.61. The highest BCUT2D eigenvalue weighted by atomic mass is 16.2. The maximum Gasteiger partial charge on any atom is 0.225 e. The first kappa shape index (κ1) is 15.3. The number of hydrogen-bond donors (Lipinski definition) is 1. The van der Waals surface area contributed by atoms with Crippen molar-refractivity contribution in [3.05, 3.63) is 0 Å². The predicted octanol–water partition coefficient (Wildman–Crippen LogP) is 0.845. The minimum atomic E-state index is -0.152. The quantitative estimate of drug-likeness (QED) is 0.812. The number of rotatable bonds is 5. The molecule has 2 saturated heterocycles. The highest BCUT2D eigenvalue weighted by Gasteiger charge is 2.33. The van der Waals surface area contributed by atoms with Crippen LogP contribution in [-0.4, -0.2) is 60.4 Å². The molecule has 2 unspecified atom stereocenters. The van der Waals surface area contributed by atoms with Gasteiger partial charge in [0, 0.05) is 38.6 Å². The van der Waals surface area contributed by atoms with Gasteiger partial charge in [0.1, 0.15) is 0 Å². The topological polar surface area (TPSA) is 52.7 Å². The Hall–Kier alpha value is -1.10. The van der Waals surface area contributed by atoms with Gasteiger partial charge in [0.2, 0.25) is 11.8 Å². The van der Waals surface area contributed by atoms with Crippen LogP contribution >= 0.6 is 0 Å². The predicted molar refractivity (Wildman–Crippen MR) is 78.3 cm³/mol. The first-order valence-corrected chi connectivity index (χ1v) is 7.91. The largest absolute Gasteiger partial charge is 0.355 e. The average molecular weight is 281 g/mol. The molecular weight excluding hydrogens is 254 g/mol. The monoisotopic (exact) mass is 281 g/mol. The molecule has 5 heteroatoms. The van der Waals surface area contributed by atoms with E-state index in [4.69, 9.17) is 0 Å². The Morgan fingerprint density at radius 1 is 1.40 bits per heavy atom. The summed E-state index contributed by atoms with van der Waals surface area (Å²) in [6.07, 6.45) is 4.22. The summed E-state index contributed by atoms with van der Waals surface area (Å²) in [7, 11) is 0. The van der Waals surface area contributed by atoms with Crippen molar-refractivity contribution in [3.63, 3.8) is 0 Å². The van der Waals surface area contributed by atoms with Crippen molar-refractivity contribution in [1.82, 2.24) is 15.1 Å².